The Morgan fingerprint density at radius 2 is 1.84 bits per heavy atom. The molecule has 0 aliphatic carbocycles. The number of hydrogen-bond acceptors (Lipinski definition) is 4. The zero-order valence-corrected chi connectivity index (χ0v) is 14.9. The summed E-state index contributed by atoms with van der Waals surface area (Å²) in [6, 6.07) is 13.9. The topological polar surface area (TPSA) is 55.0 Å². The number of aryl methyl sites for hydroxylation is 2. The van der Waals surface area contributed by atoms with Gasteiger partial charge in [0.1, 0.15) is 17.1 Å². The highest BCUT2D eigenvalue weighted by atomic mass is 16.5. The van der Waals surface area contributed by atoms with Crippen LogP contribution in [0.15, 0.2) is 51.9 Å². The van der Waals surface area contributed by atoms with E-state index >= 15 is 0 Å². The highest BCUT2D eigenvalue weighted by molar-refractivity contribution is 5.82. The van der Waals surface area contributed by atoms with Crippen LogP contribution in [0.3, 0.4) is 0 Å². The molecule has 0 aliphatic heterocycles. The number of nitrogens with zero attached hydrogens (tertiary/aromatic N) is 1. The van der Waals surface area contributed by atoms with E-state index < -0.39 is 0 Å². The van der Waals surface area contributed by atoms with Crippen molar-refractivity contribution < 1.29 is 14.3 Å². The Morgan fingerprint density at radius 1 is 1.08 bits per heavy atom. The molecule has 1 aromatic heterocycles. The molecule has 2 aromatic carbocycles. The molecule has 0 aliphatic rings. The largest absolute Gasteiger partial charge is 0.497 e. The van der Waals surface area contributed by atoms with Gasteiger partial charge in [0.25, 0.3) is 0 Å². The summed E-state index contributed by atoms with van der Waals surface area (Å²) in [5, 5.41) is 11.0. The predicted octanol–water partition coefficient (Wildman–Crippen LogP) is 4.01. The standard InChI is InChI=1S/C21H23NO3/c1-14-11-15(2)21-18(22-9-4-10-23)13-19(25-20(21)12-14)16-5-7-17(24-3)8-6-16/h5-8,11-13,23H,4,9-10H2,1-3H3. The number of rotatable bonds is 5. The molecule has 0 saturated heterocycles. The predicted molar refractivity (Wildman–Crippen MR) is 99.8 cm³/mol. The lowest BCUT2D eigenvalue weighted by Crippen LogP contribution is -2.07. The highest BCUT2D eigenvalue weighted by Gasteiger charge is 2.09. The van der Waals surface area contributed by atoms with Gasteiger partial charge in [-0.2, -0.15) is 0 Å². The Balaban J connectivity index is 2.21. The van der Waals surface area contributed by atoms with Gasteiger partial charge >= 0.3 is 0 Å². The Kier molecular flexibility index (Phi) is 5.19. The molecule has 0 atom stereocenters. The van der Waals surface area contributed by atoms with Gasteiger partial charge in [-0.3, -0.25) is 4.99 Å². The Bertz CT molecular complexity index is 940. The Hall–Kier alpha value is -2.59. The van der Waals surface area contributed by atoms with E-state index in [1.807, 2.05) is 36.4 Å². The molecule has 0 saturated carbocycles. The first-order chi connectivity index (χ1) is 12.1. The van der Waals surface area contributed by atoms with Crippen LogP contribution in [0, 0.1) is 13.8 Å². The first-order valence-corrected chi connectivity index (χ1v) is 8.43. The number of ether oxygens (including phenoxy) is 1. The molecule has 4 heteroatoms. The van der Waals surface area contributed by atoms with Crippen molar-refractivity contribution >= 4 is 11.0 Å². The van der Waals surface area contributed by atoms with Crippen LogP contribution in [0.25, 0.3) is 22.3 Å². The van der Waals surface area contributed by atoms with Crippen molar-refractivity contribution in [2.75, 3.05) is 20.3 Å². The van der Waals surface area contributed by atoms with Crippen LogP contribution >= 0.6 is 0 Å². The lowest BCUT2D eigenvalue weighted by Gasteiger charge is -2.09. The number of benzene rings is 2. The summed E-state index contributed by atoms with van der Waals surface area (Å²) in [5.74, 6) is 1.58. The van der Waals surface area contributed by atoms with Crippen LogP contribution in [-0.4, -0.2) is 25.4 Å². The minimum atomic E-state index is 0.141. The second kappa shape index (κ2) is 7.53. The average Bonchev–Trinajstić information content (AvgIpc) is 2.61. The van der Waals surface area contributed by atoms with E-state index in [0.29, 0.717) is 13.0 Å². The normalized spacial score (nSPS) is 11.9. The van der Waals surface area contributed by atoms with Crippen molar-refractivity contribution in [1.29, 1.82) is 0 Å². The number of methoxy groups -OCH3 is 1. The van der Waals surface area contributed by atoms with Gasteiger partial charge in [-0.25, -0.2) is 0 Å². The van der Waals surface area contributed by atoms with Gasteiger partial charge in [0.2, 0.25) is 0 Å². The fourth-order valence-corrected chi connectivity index (χ4v) is 2.97. The third-order valence-corrected chi connectivity index (χ3v) is 4.16. The van der Waals surface area contributed by atoms with Crippen molar-refractivity contribution in [1.82, 2.24) is 0 Å². The minimum absolute atomic E-state index is 0.141. The molecule has 3 aromatic rings. The summed E-state index contributed by atoms with van der Waals surface area (Å²) in [7, 11) is 1.65. The molecule has 130 valence electrons. The van der Waals surface area contributed by atoms with E-state index in [9.17, 15) is 0 Å². The van der Waals surface area contributed by atoms with Crippen LogP contribution in [0.5, 0.6) is 5.75 Å². The third kappa shape index (κ3) is 3.74. The maximum absolute atomic E-state index is 9.04. The van der Waals surface area contributed by atoms with Gasteiger partial charge in [0.15, 0.2) is 0 Å². The van der Waals surface area contributed by atoms with Gasteiger partial charge in [0.05, 0.1) is 12.5 Å². The van der Waals surface area contributed by atoms with E-state index in [0.717, 1.165) is 44.5 Å². The average molecular weight is 337 g/mol. The monoisotopic (exact) mass is 337 g/mol. The van der Waals surface area contributed by atoms with E-state index in [1.165, 1.54) is 0 Å². The molecule has 0 fully saturated rings. The molecule has 25 heavy (non-hydrogen) atoms. The summed E-state index contributed by atoms with van der Waals surface area (Å²) >= 11 is 0. The molecule has 0 amide bonds. The summed E-state index contributed by atoms with van der Waals surface area (Å²) in [6.45, 7) is 4.86. The molecular weight excluding hydrogens is 314 g/mol. The van der Waals surface area contributed by atoms with Crippen molar-refractivity contribution in [3.8, 4) is 17.1 Å². The smallest absolute Gasteiger partial charge is 0.137 e. The number of aliphatic hydroxyl groups is 1. The fraction of sp³-hybridized carbons (Fsp3) is 0.286. The van der Waals surface area contributed by atoms with Crippen molar-refractivity contribution in [2.45, 2.75) is 20.3 Å². The molecule has 0 spiro atoms. The fourth-order valence-electron chi connectivity index (χ4n) is 2.97. The lowest BCUT2D eigenvalue weighted by molar-refractivity contribution is 0.291. The lowest BCUT2D eigenvalue weighted by atomic mass is 10.0. The van der Waals surface area contributed by atoms with Gasteiger partial charge in [0, 0.05) is 30.2 Å². The zero-order chi connectivity index (χ0) is 17.8. The van der Waals surface area contributed by atoms with Crippen LogP contribution in [0.2, 0.25) is 0 Å². The SMILES string of the molecule is COc1ccc(-c2cc(=NCCCO)c3c(C)cc(C)cc3o2)cc1. The molecule has 1 N–H and O–H groups in total. The summed E-state index contributed by atoms with van der Waals surface area (Å²) in [5.41, 5.74) is 4.10. The van der Waals surface area contributed by atoms with E-state index in [2.05, 4.69) is 24.9 Å². The number of aliphatic hydroxyl groups excluding tert-OH is 1. The van der Waals surface area contributed by atoms with Crippen LogP contribution in [0.1, 0.15) is 17.5 Å². The highest BCUT2D eigenvalue weighted by Crippen LogP contribution is 2.26. The summed E-state index contributed by atoms with van der Waals surface area (Å²) in [4.78, 5) is 4.69. The van der Waals surface area contributed by atoms with E-state index in [-0.39, 0.29) is 6.61 Å². The third-order valence-electron chi connectivity index (χ3n) is 4.16. The first-order valence-electron chi connectivity index (χ1n) is 8.43. The maximum Gasteiger partial charge on any atom is 0.137 e. The summed E-state index contributed by atoms with van der Waals surface area (Å²) < 4.78 is 11.4. The zero-order valence-electron chi connectivity index (χ0n) is 14.9. The van der Waals surface area contributed by atoms with Gasteiger partial charge in [-0.05, 0) is 61.7 Å². The van der Waals surface area contributed by atoms with E-state index in [4.69, 9.17) is 14.3 Å². The van der Waals surface area contributed by atoms with Crippen molar-refractivity contribution in [3.05, 3.63) is 58.9 Å². The van der Waals surface area contributed by atoms with Crippen molar-refractivity contribution in [3.63, 3.8) is 0 Å². The second-order valence-corrected chi connectivity index (χ2v) is 6.14. The minimum Gasteiger partial charge on any atom is -0.497 e. The number of fused-ring (bicyclic) bond motifs is 1. The molecule has 0 bridgehead atoms. The maximum atomic E-state index is 9.04. The molecule has 4 nitrogen and oxygen atoms in total. The molecule has 3 rings (SSSR count). The van der Waals surface area contributed by atoms with E-state index in [1.54, 1.807) is 7.11 Å². The van der Waals surface area contributed by atoms with Crippen LogP contribution in [0.4, 0.5) is 0 Å². The molecule has 1 heterocycles. The molecule has 0 unspecified atom stereocenters. The molecular formula is C21H23NO3. The quantitative estimate of drug-likeness (QED) is 0.716. The van der Waals surface area contributed by atoms with Crippen LogP contribution in [-0.2, 0) is 0 Å². The second-order valence-electron chi connectivity index (χ2n) is 6.14. The Morgan fingerprint density at radius 3 is 2.52 bits per heavy atom. The molecule has 0 radical (unpaired) electrons. The van der Waals surface area contributed by atoms with Crippen molar-refractivity contribution in [2.24, 2.45) is 4.99 Å². The summed E-state index contributed by atoms with van der Waals surface area (Å²) in [6.07, 6.45) is 0.649. The van der Waals surface area contributed by atoms with Crippen LogP contribution < -0.4 is 10.1 Å². The Labute approximate surface area is 147 Å². The van der Waals surface area contributed by atoms with Gasteiger partial charge in [-0.15, -0.1) is 0 Å². The number of hydrogen-bond donors (Lipinski definition) is 1. The van der Waals surface area contributed by atoms with Gasteiger partial charge < -0.3 is 14.3 Å². The first kappa shape index (κ1) is 17.2. The van der Waals surface area contributed by atoms with Gasteiger partial charge in [-0.1, -0.05) is 6.07 Å².